The molecule has 6 rings (SSSR count). The molecular weight excluding hydrogens is 532 g/mol. The summed E-state index contributed by atoms with van der Waals surface area (Å²) in [5.74, 6) is 1.34. The summed E-state index contributed by atoms with van der Waals surface area (Å²) in [5, 5.41) is 6.96. The second-order valence-corrected chi connectivity index (χ2v) is 10.9. The number of aromatic nitrogens is 3. The molecule has 1 aromatic carbocycles. The van der Waals surface area contributed by atoms with E-state index in [1.54, 1.807) is 16.0 Å². The number of alkyl halides is 3. The zero-order chi connectivity index (χ0) is 28.5. The molecule has 1 N–H and O–H groups in total. The van der Waals surface area contributed by atoms with Crippen LogP contribution < -0.4 is 4.90 Å². The summed E-state index contributed by atoms with van der Waals surface area (Å²) in [5.41, 5.74) is 2.06. The summed E-state index contributed by atoms with van der Waals surface area (Å²) in [6, 6.07) is 8.01. The lowest BCUT2D eigenvalue weighted by atomic mass is 9.62. The maximum Gasteiger partial charge on any atom is 0.418 e. The number of likely N-dealkylation sites (tertiary alicyclic amines) is 1. The van der Waals surface area contributed by atoms with Crippen LogP contribution in [0.3, 0.4) is 0 Å². The second-order valence-electron chi connectivity index (χ2n) is 10.9. The minimum Gasteiger partial charge on any atom is -0.301 e. The first kappa shape index (κ1) is 28.6. The fraction of sp³-hybridized carbons (Fsp3) is 0.467. The third-order valence-corrected chi connectivity index (χ3v) is 8.68. The predicted octanol–water partition coefficient (Wildman–Crippen LogP) is 6.66. The summed E-state index contributed by atoms with van der Waals surface area (Å²) in [6.07, 6.45) is 9.08. The van der Waals surface area contributed by atoms with Crippen molar-refractivity contribution >= 4 is 14.9 Å². The molecule has 2 atom stereocenters. The number of halogens is 3. The number of allylic oxidation sites excluding steroid dienone is 1. The van der Waals surface area contributed by atoms with Gasteiger partial charge in [-0.25, -0.2) is 4.98 Å². The average Bonchev–Trinajstić information content (AvgIpc) is 3.58. The quantitative estimate of drug-likeness (QED) is 0.394. The maximum absolute atomic E-state index is 14.3. The first-order valence-corrected chi connectivity index (χ1v) is 15.2. The molecule has 4 aliphatic rings. The molecule has 214 valence electrons. The van der Waals surface area contributed by atoms with Crippen molar-refractivity contribution in [2.75, 3.05) is 24.7 Å². The van der Waals surface area contributed by atoms with Crippen molar-refractivity contribution in [3.05, 3.63) is 89.7 Å². The Balaban J connectivity index is 0.00000158. The van der Waals surface area contributed by atoms with Crippen LogP contribution in [-0.2, 0) is 11.8 Å². The lowest BCUT2D eigenvalue weighted by molar-refractivity contribution is -0.0909. The van der Waals surface area contributed by atoms with E-state index in [1.807, 2.05) is 31.9 Å². The molecule has 0 spiro atoms. The molecule has 2 fully saturated rings. The number of benzene rings is 1. The fourth-order valence-electron chi connectivity index (χ4n) is 6.27. The summed E-state index contributed by atoms with van der Waals surface area (Å²) >= 11 is 0. The number of aromatic amines is 1. The summed E-state index contributed by atoms with van der Waals surface area (Å²) < 4.78 is 43.0. The molecule has 0 bridgehead atoms. The largest absolute Gasteiger partial charge is 0.418 e. The molecule has 1 saturated carbocycles. The molecule has 1 aliphatic carbocycles. The van der Waals surface area contributed by atoms with Crippen LogP contribution in [0.15, 0.2) is 78.3 Å². The van der Waals surface area contributed by atoms with E-state index in [2.05, 4.69) is 48.0 Å². The van der Waals surface area contributed by atoms with E-state index in [1.165, 1.54) is 18.8 Å². The zero-order valence-corrected chi connectivity index (χ0v) is 24.4. The van der Waals surface area contributed by atoms with Gasteiger partial charge in [-0.1, -0.05) is 38.2 Å². The summed E-state index contributed by atoms with van der Waals surface area (Å²) in [6.45, 7) is 9.97. The number of fused-ring (bicyclic) bond motifs is 1. The Morgan fingerprint density at radius 3 is 2.45 bits per heavy atom. The van der Waals surface area contributed by atoms with Crippen molar-refractivity contribution < 1.29 is 13.2 Å². The van der Waals surface area contributed by atoms with Crippen LogP contribution >= 0.6 is 9.24 Å². The van der Waals surface area contributed by atoms with Crippen molar-refractivity contribution in [3.8, 4) is 0 Å². The van der Waals surface area contributed by atoms with E-state index in [0.29, 0.717) is 11.4 Å². The third kappa shape index (κ3) is 5.38. The van der Waals surface area contributed by atoms with E-state index in [9.17, 15) is 13.2 Å². The molecular formula is C30H38F3N6P. The van der Waals surface area contributed by atoms with Crippen molar-refractivity contribution in [2.24, 2.45) is 0 Å². The van der Waals surface area contributed by atoms with E-state index in [-0.39, 0.29) is 17.2 Å². The SMILES string of the molecule is C=C1N2C=C(C(C)N3CCCCC3)C=C(C(F)(F)F)C2=CN1c1cccc(C2(Cc3ncn[nH]3)CCC2)c1.CP. The number of H-pyrrole nitrogens is 1. The highest BCUT2D eigenvalue weighted by molar-refractivity contribution is 7.15. The number of hydrogen-bond acceptors (Lipinski definition) is 5. The normalized spacial score (nSPS) is 21.4. The third-order valence-electron chi connectivity index (χ3n) is 8.68. The Bertz CT molecular complexity index is 1300. The van der Waals surface area contributed by atoms with Crippen molar-refractivity contribution in [2.45, 2.75) is 69.5 Å². The zero-order valence-electron chi connectivity index (χ0n) is 23.2. The van der Waals surface area contributed by atoms with Crippen LogP contribution in [0.25, 0.3) is 0 Å². The van der Waals surface area contributed by atoms with Gasteiger partial charge in [0.1, 0.15) is 18.0 Å². The summed E-state index contributed by atoms with van der Waals surface area (Å²) in [4.78, 5) is 10.00. The Kier molecular flexibility index (Phi) is 8.25. The summed E-state index contributed by atoms with van der Waals surface area (Å²) in [7, 11) is 2.42. The van der Waals surface area contributed by atoms with Gasteiger partial charge < -0.3 is 9.80 Å². The number of hydrogen-bond donors (Lipinski definition) is 1. The van der Waals surface area contributed by atoms with Gasteiger partial charge in [-0.3, -0.25) is 10.00 Å². The van der Waals surface area contributed by atoms with E-state index in [0.717, 1.165) is 68.7 Å². The van der Waals surface area contributed by atoms with Crippen LogP contribution in [0, 0.1) is 0 Å². The van der Waals surface area contributed by atoms with Gasteiger partial charge in [-0.05, 0) is 75.0 Å². The van der Waals surface area contributed by atoms with Crippen molar-refractivity contribution in [1.29, 1.82) is 0 Å². The predicted molar refractivity (Wildman–Crippen MR) is 156 cm³/mol. The molecule has 4 heterocycles. The van der Waals surface area contributed by atoms with Gasteiger partial charge in [-0.2, -0.15) is 18.3 Å². The number of nitrogens with zero attached hydrogens (tertiary/aromatic N) is 5. The molecule has 3 aliphatic heterocycles. The standard InChI is InChI=1S/C29H33F3N6.CH5P/c1-20(36-12-4-3-5-13-36)22-14-25(29(30,31)32)26-18-37(21(2)38(26)17-22)24-9-6-8-23(15-24)28(10-7-11-28)16-27-33-19-34-35-27;1-2/h6,8-9,14-15,17-20H,2-5,7,10-13,16H2,1H3,(H,33,34,35);2H2,1H3. The van der Waals surface area contributed by atoms with Gasteiger partial charge in [-0.15, -0.1) is 9.24 Å². The Morgan fingerprint density at radius 1 is 1.07 bits per heavy atom. The smallest absolute Gasteiger partial charge is 0.301 e. The average molecular weight is 571 g/mol. The molecule has 40 heavy (non-hydrogen) atoms. The van der Waals surface area contributed by atoms with Gasteiger partial charge in [0.2, 0.25) is 0 Å². The van der Waals surface area contributed by atoms with E-state index >= 15 is 0 Å². The fourth-order valence-corrected chi connectivity index (χ4v) is 6.27. The van der Waals surface area contributed by atoms with Crippen molar-refractivity contribution in [1.82, 2.24) is 25.0 Å². The maximum atomic E-state index is 14.3. The minimum atomic E-state index is -4.48. The van der Waals surface area contributed by atoms with Gasteiger partial charge in [0, 0.05) is 36.0 Å². The van der Waals surface area contributed by atoms with Crippen LogP contribution in [0.5, 0.6) is 0 Å². The molecule has 2 aromatic rings. The molecule has 2 unspecified atom stereocenters. The molecule has 0 amide bonds. The monoisotopic (exact) mass is 570 g/mol. The number of rotatable bonds is 6. The number of piperidine rings is 1. The minimum absolute atomic E-state index is 0.0508. The van der Waals surface area contributed by atoms with E-state index < -0.39 is 11.7 Å². The Morgan fingerprint density at radius 2 is 1.82 bits per heavy atom. The van der Waals surface area contributed by atoms with Crippen LogP contribution in [0.4, 0.5) is 18.9 Å². The van der Waals surface area contributed by atoms with Gasteiger partial charge in [0.25, 0.3) is 0 Å². The van der Waals surface area contributed by atoms with Crippen LogP contribution in [0.2, 0.25) is 0 Å². The van der Waals surface area contributed by atoms with Crippen molar-refractivity contribution in [3.63, 3.8) is 0 Å². The van der Waals surface area contributed by atoms with Gasteiger partial charge >= 0.3 is 6.18 Å². The highest BCUT2D eigenvalue weighted by Crippen LogP contribution is 2.48. The highest BCUT2D eigenvalue weighted by Gasteiger charge is 2.44. The highest BCUT2D eigenvalue weighted by atomic mass is 31.0. The topological polar surface area (TPSA) is 51.3 Å². The molecule has 1 saturated heterocycles. The first-order valence-electron chi connectivity index (χ1n) is 14.0. The molecule has 6 nitrogen and oxygen atoms in total. The Labute approximate surface area is 236 Å². The first-order chi connectivity index (χ1) is 19.2. The molecule has 0 radical (unpaired) electrons. The molecule has 10 heteroatoms. The second kappa shape index (κ2) is 11.5. The van der Waals surface area contributed by atoms with E-state index in [4.69, 9.17) is 0 Å². The van der Waals surface area contributed by atoms with Crippen LogP contribution in [0.1, 0.15) is 56.8 Å². The van der Waals surface area contributed by atoms with Gasteiger partial charge in [0.15, 0.2) is 0 Å². The Hall–Kier alpha value is -2.90. The number of nitrogens with one attached hydrogen (secondary N) is 1. The lowest BCUT2D eigenvalue weighted by Gasteiger charge is -2.42. The van der Waals surface area contributed by atoms with Crippen LogP contribution in [-0.4, -0.2) is 57.0 Å². The molecule has 1 aromatic heterocycles. The number of anilines is 1. The lowest BCUT2D eigenvalue weighted by Crippen LogP contribution is -2.39. The van der Waals surface area contributed by atoms with Gasteiger partial charge in [0.05, 0.1) is 11.3 Å².